The Morgan fingerprint density at radius 1 is 1.11 bits per heavy atom. The first-order chi connectivity index (χ1) is 9.10. The van der Waals surface area contributed by atoms with Crippen molar-refractivity contribution in [2.45, 2.75) is 6.54 Å². The first kappa shape index (κ1) is 13.5. The van der Waals surface area contributed by atoms with Gasteiger partial charge in [0.25, 0.3) is 0 Å². The summed E-state index contributed by atoms with van der Waals surface area (Å²) in [5.74, 6) is -0.778. The van der Waals surface area contributed by atoms with E-state index < -0.39 is 5.82 Å². The lowest BCUT2D eigenvalue weighted by atomic mass is 10.1. The van der Waals surface area contributed by atoms with Crippen molar-refractivity contribution in [3.8, 4) is 6.07 Å². The van der Waals surface area contributed by atoms with E-state index in [1.807, 2.05) is 6.07 Å². The maximum Gasteiger partial charge on any atom is 0.125 e. The van der Waals surface area contributed by atoms with E-state index >= 15 is 0 Å². The molecule has 0 atom stereocenters. The highest BCUT2D eigenvalue weighted by Crippen LogP contribution is 2.24. The number of benzene rings is 2. The standard InChI is InChI=1S/C14H9BrF2N2/c15-13-4-3-12(17)6-14(13)19-8-10-5-11(16)2-1-9(10)7-18/h1-6,19H,8H2. The van der Waals surface area contributed by atoms with E-state index in [0.29, 0.717) is 21.3 Å². The van der Waals surface area contributed by atoms with Crippen molar-refractivity contribution in [1.29, 1.82) is 5.26 Å². The molecule has 96 valence electrons. The molecule has 2 rings (SSSR count). The van der Waals surface area contributed by atoms with Crippen LogP contribution in [0, 0.1) is 23.0 Å². The van der Waals surface area contributed by atoms with Crippen LogP contribution in [-0.2, 0) is 6.54 Å². The molecule has 0 saturated carbocycles. The highest BCUT2D eigenvalue weighted by atomic mass is 79.9. The predicted molar refractivity (Wildman–Crippen MR) is 72.5 cm³/mol. The molecule has 2 aromatic carbocycles. The third-order valence-corrected chi connectivity index (χ3v) is 3.28. The van der Waals surface area contributed by atoms with Gasteiger partial charge in [0.05, 0.1) is 17.3 Å². The Balaban J connectivity index is 2.21. The molecular weight excluding hydrogens is 314 g/mol. The van der Waals surface area contributed by atoms with Gasteiger partial charge < -0.3 is 5.32 Å². The van der Waals surface area contributed by atoms with Gasteiger partial charge in [-0.2, -0.15) is 5.26 Å². The van der Waals surface area contributed by atoms with Crippen LogP contribution in [0.25, 0.3) is 0 Å². The molecule has 0 fully saturated rings. The molecule has 0 spiro atoms. The van der Waals surface area contributed by atoms with Crippen molar-refractivity contribution in [2.75, 3.05) is 5.32 Å². The fourth-order valence-electron chi connectivity index (χ4n) is 1.64. The second-order valence-corrected chi connectivity index (χ2v) is 4.75. The van der Waals surface area contributed by atoms with E-state index in [0.717, 1.165) is 0 Å². The van der Waals surface area contributed by atoms with Crippen LogP contribution in [-0.4, -0.2) is 0 Å². The number of anilines is 1. The molecular formula is C14H9BrF2N2. The quantitative estimate of drug-likeness (QED) is 0.918. The second kappa shape index (κ2) is 5.81. The minimum atomic E-state index is -0.408. The number of nitrogens with zero attached hydrogens (tertiary/aromatic N) is 1. The third-order valence-electron chi connectivity index (χ3n) is 2.59. The molecule has 2 aromatic rings. The molecule has 1 N–H and O–H groups in total. The Morgan fingerprint density at radius 2 is 1.79 bits per heavy atom. The second-order valence-electron chi connectivity index (χ2n) is 3.89. The van der Waals surface area contributed by atoms with E-state index in [9.17, 15) is 8.78 Å². The van der Waals surface area contributed by atoms with E-state index in [4.69, 9.17) is 5.26 Å². The summed E-state index contributed by atoms with van der Waals surface area (Å²) in [7, 11) is 0. The van der Waals surface area contributed by atoms with Crippen LogP contribution in [0.3, 0.4) is 0 Å². The molecule has 0 aromatic heterocycles. The number of nitriles is 1. The summed E-state index contributed by atoms with van der Waals surface area (Å²) in [6, 6.07) is 10.2. The largest absolute Gasteiger partial charge is 0.380 e. The van der Waals surface area contributed by atoms with Gasteiger partial charge in [0.1, 0.15) is 11.6 Å². The SMILES string of the molecule is N#Cc1ccc(F)cc1CNc1cc(F)ccc1Br. The summed E-state index contributed by atoms with van der Waals surface area (Å²) < 4.78 is 27.0. The number of hydrogen-bond donors (Lipinski definition) is 1. The summed E-state index contributed by atoms with van der Waals surface area (Å²) >= 11 is 3.29. The van der Waals surface area contributed by atoms with Crippen LogP contribution in [0.1, 0.15) is 11.1 Å². The zero-order valence-corrected chi connectivity index (χ0v) is 11.3. The monoisotopic (exact) mass is 322 g/mol. The Kier molecular flexibility index (Phi) is 4.13. The summed E-state index contributed by atoms with van der Waals surface area (Å²) in [5.41, 5.74) is 1.47. The minimum Gasteiger partial charge on any atom is -0.380 e. The van der Waals surface area contributed by atoms with Crippen molar-refractivity contribution in [3.05, 3.63) is 63.6 Å². The van der Waals surface area contributed by atoms with Crippen LogP contribution in [0.4, 0.5) is 14.5 Å². The van der Waals surface area contributed by atoms with E-state index in [-0.39, 0.29) is 12.4 Å². The molecule has 0 unspecified atom stereocenters. The van der Waals surface area contributed by atoms with E-state index in [2.05, 4.69) is 21.2 Å². The number of halogens is 3. The van der Waals surface area contributed by atoms with Gasteiger partial charge in [-0.05, 0) is 57.9 Å². The van der Waals surface area contributed by atoms with Crippen LogP contribution < -0.4 is 5.32 Å². The van der Waals surface area contributed by atoms with Crippen molar-refractivity contribution in [2.24, 2.45) is 0 Å². The molecule has 5 heteroatoms. The number of rotatable bonds is 3. The summed E-state index contributed by atoms with van der Waals surface area (Å²) in [5, 5.41) is 11.9. The number of hydrogen-bond acceptors (Lipinski definition) is 2. The summed E-state index contributed by atoms with van der Waals surface area (Å²) in [6.45, 7) is 0.239. The van der Waals surface area contributed by atoms with Gasteiger partial charge in [0, 0.05) is 11.0 Å². The molecule has 2 nitrogen and oxygen atoms in total. The van der Waals surface area contributed by atoms with Gasteiger partial charge in [-0.3, -0.25) is 0 Å². The molecule has 19 heavy (non-hydrogen) atoms. The van der Waals surface area contributed by atoms with Crippen molar-refractivity contribution in [3.63, 3.8) is 0 Å². The van der Waals surface area contributed by atoms with Crippen LogP contribution in [0.2, 0.25) is 0 Å². The minimum absolute atomic E-state index is 0.239. The fourth-order valence-corrected chi connectivity index (χ4v) is 2.03. The lowest BCUT2D eigenvalue weighted by Gasteiger charge is -2.10. The van der Waals surface area contributed by atoms with Crippen molar-refractivity contribution in [1.82, 2.24) is 0 Å². The van der Waals surface area contributed by atoms with E-state index in [1.54, 1.807) is 6.07 Å². The van der Waals surface area contributed by atoms with Crippen molar-refractivity contribution < 1.29 is 8.78 Å². The fraction of sp³-hybridized carbons (Fsp3) is 0.0714. The molecule has 0 saturated heterocycles. The van der Waals surface area contributed by atoms with Crippen LogP contribution in [0.5, 0.6) is 0 Å². The first-order valence-corrected chi connectivity index (χ1v) is 6.27. The lowest BCUT2D eigenvalue weighted by molar-refractivity contribution is 0.625. The van der Waals surface area contributed by atoms with Gasteiger partial charge in [-0.25, -0.2) is 8.78 Å². The molecule has 0 aliphatic heterocycles. The molecule has 0 aliphatic rings. The predicted octanol–water partition coefficient (Wildman–Crippen LogP) is 4.21. The first-order valence-electron chi connectivity index (χ1n) is 5.47. The normalized spacial score (nSPS) is 10.0. The molecule has 0 aliphatic carbocycles. The average Bonchev–Trinajstić information content (AvgIpc) is 2.40. The smallest absolute Gasteiger partial charge is 0.125 e. The van der Waals surface area contributed by atoms with Gasteiger partial charge in [0.15, 0.2) is 0 Å². The topological polar surface area (TPSA) is 35.8 Å². The average molecular weight is 323 g/mol. The van der Waals surface area contributed by atoms with Crippen LogP contribution >= 0.6 is 15.9 Å². The Morgan fingerprint density at radius 3 is 2.53 bits per heavy atom. The van der Waals surface area contributed by atoms with Gasteiger partial charge >= 0.3 is 0 Å². The molecule has 0 heterocycles. The maximum atomic E-state index is 13.1. The van der Waals surface area contributed by atoms with Gasteiger partial charge in [-0.1, -0.05) is 0 Å². The Hall–Kier alpha value is -1.93. The Bertz CT molecular complexity index is 650. The molecule has 0 bridgehead atoms. The summed E-state index contributed by atoms with van der Waals surface area (Å²) in [6.07, 6.45) is 0. The number of nitrogens with one attached hydrogen (secondary N) is 1. The zero-order valence-electron chi connectivity index (χ0n) is 9.75. The van der Waals surface area contributed by atoms with Gasteiger partial charge in [0.2, 0.25) is 0 Å². The Labute approximate surface area is 117 Å². The van der Waals surface area contributed by atoms with Crippen molar-refractivity contribution >= 4 is 21.6 Å². The highest BCUT2D eigenvalue weighted by Gasteiger charge is 2.06. The van der Waals surface area contributed by atoms with E-state index in [1.165, 1.54) is 30.3 Å². The maximum absolute atomic E-state index is 13.1. The zero-order chi connectivity index (χ0) is 13.8. The third kappa shape index (κ3) is 3.30. The molecule has 0 amide bonds. The lowest BCUT2D eigenvalue weighted by Crippen LogP contribution is -2.03. The van der Waals surface area contributed by atoms with Crippen LogP contribution in [0.15, 0.2) is 40.9 Å². The molecule has 0 radical (unpaired) electrons. The summed E-state index contributed by atoms with van der Waals surface area (Å²) in [4.78, 5) is 0. The highest BCUT2D eigenvalue weighted by molar-refractivity contribution is 9.10. The van der Waals surface area contributed by atoms with Gasteiger partial charge in [-0.15, -0.1) is 0 Å².